The summed E-state index contributed by atoms with van der Waals surface area (Å²) in [6.07, 6.45) is 0.886. The van der Waals surface area contributed by atoms with Gasteiger partial charge in [-0.3, -0.25) is 0 Å². The second-order valence-electron chi connectivity index (χ2n) is 7.86. The van der Waals surface area contributed by atoms with Crippen LogP contribution in [0.5, 0.6) is 5.88 Å². The minimum atomic E-state index is 0.0735. The van der Waals surface area contributed by atoms with Crippen LogP contribution in [0, 0.1) is 13.8 Å². The highest BCUT2D eigenvalue weighted by atomic mass is 32.1. The van der Waals surface area contributed by atoms with Gasteiger partial charge in [0.2, 0.25) is 11.0 Å². The van der Waals surface area contributed by atoms with Crippen molar-refractivity contribution in [3.8, 4) is 5.88 Å². The third kappa shape index (κ3) is 4.41. The Labute approximate surface area is 193 Å². The number of hydrogen-bond acceptors (Lipinski definition) is 3. The van der Waals surface area contributed by atoms with Crippen LogP contribution in [0.1, 0.15) is 29.2 Å². The van der Waals surface area contributed by atoms with Crippen molar-refractivity contribution >= 4 is 39.6 Å². The van der Waals surface area contributed by atoms with Gasteiger partial charge in [-0.1, -0.05) is 73.2 Å². The molecule has 4 aromatic rings. The monoisotopic (exact) mass is 442 g/mol. The first-order chi connectivity index (χ1) is 15.5. The molecule has 0 saturated carbocycles. The Hall–Kier alpha value is -3.51. The number of anilines is 1. The van der Waals surface area contributed by atoms with Gasteiger partial charge in [-0.15, -0.1) is 10.2 Å². The predicted octanol–water partition coefficient (Wildman–Crippen LogP) is 7.06. The summed E-state index contributed by atoms with van der Waals surface area (Å²) in [7, 11) is 0. The van der Waals surface area contributed by atoms with Crippen LogP contribution in [0.15, 0.2) is 77.0 Å². The molecule has 1 aromatic heterocycles. The number of nitrogens with zero attached hydrogens (tertiary/aromatic N) is 3. The number of nitrogens with one attached hydrogen (secondary N) is 1. The molecule has 0 aliphatic rings. The Kier molecular flexibility index (Phi) is 6.32. The Morgan fingerprint density at radius 1 is 1.03 bits per heavy atom. The van der Waals surface area contributed by atoms with E-state index in [-0.39, 0.29) is 11.0 Å². The van der Waals surface area contributed by atoms with Gasteiger partial charge in [0, 0.05) is 11.1 Å². The Morgan fingerprint density at radius 2 is 1.81 bits per heavy atom. The average molecular weight is 443 g/mol. The van der Waals surface area contributed by atoms with Crippen molar-refractivity contribution in [2.75, 3.05) is 5.32 Å². The van der Waals surface area contributed by atoms with Crippen molar-refractivity contribution < 1.29 is 5.11 Å². The van der Waals surface area contributed by atoms with Crippen LogP contribution in [-0.2, 0) is 13.0 Å². The lowest BCUT2D eigenvalue weighted by Crippen LogP contribution is -2.08. The first-order valence-corrected chi connectivity index (χ1v) is 11.1. The summed E-state index contributed by atoms with van der Waals surface area (Å²) in [6, 6.07) is 22.2. The maximum Gasteiger partial charge on any atom is 0.221 e. The lowest BCUT2D eigenvalue weighted by Gasteiger charge is -2.12. The highest BCUT2D eigenvalue weighted by molar-refractivity contribution is 7.80. The number of thiocarbonyl (C=S) groups is 1. The number of aromatic nitrogens is 1. The minimum absolute atomic E-state index is 0.0735. The molecule has 3 aromatic carbocycles. The van der Waals surface area contributed by atoms with Crippen molar-refractivity contribution in [2.24, 2.45) is 10.2 Å². The maximum atomic E-state index is 11.0. The van der Waals surface area contributed by atoms with Crippen LogP contribution in [0.3, 0.4) is 0 Å². The zero-order valence-electron chi connectivity index (χ0n) is 18.5. The van der Waals surface area contributed by atoms with E-state index >= 15 is 0 Å². The Morgan fingerprint density at radius 3 is 2.59 bits per heavy atom. The lowest BCUT2D eigenvalue weighted by atomic mass is 10.1. The number of benzene rings is 3. The van der Waals surface area contributed by atoms with E-state index in [0.29, 0.717) is 12.2 Å². The minimum Gasteiger partial charge on any atom is -0.493 e. The summed E-state index contributed by atoms with van der Waals surface area (Å²) in [5.41, 5.74) is 6.82. The van der Waals surface area contributed by atoms with Gasteiger partial charge in [-0.2, -0.15) is 0 Å². The molecule has 2 N–H and O–H groups in total. The number of hydrogen-bond donors (Lipinski definition) is 2. The summed E-state index contributed by atoms with van der Waals surface area (Å²) < 4.78 is 1.85. The first-order valence-electron chi connectivity index (χ1n) is 10.6. The highest BCUT2D eigenvalue weighted by Crippen LogP contribution is 2.39. The maximum absolute atomic E-state index is 11.0. The standard InChI is InChI=1S/C26H26N4OS/c1-4-20-12-8-10-18(3)23(20)27-26(32)29-28-24-21-13-5-6-14-22(21)30(25(24)31)16-19-11-7-9-17(2)15-19/h5-15,31H,4,16H2,1-3H3,(H,27,32). The molecular formula is C26H26N4OS. The van der Waals surface area contributed by atoms with Crippen LogP contribution >= 0.6 is 12.2 Å². The number of fused-ring (bicyclic) bond motifs is 1. The third-order valence-corrected chi connectivity index (χ3v) is 5.74. The quantitative estimate of drug-likeness (QED) is 0.257. The molecule has 0 aliphatic heterocycles. The van der Waals surface area contributed by atoms with E-state index in [1.54, 1.807) is 0 Å². The summed E-state index contributed by atoms with van der Waals surface area (Å²) >= 11 is 5.43. The van der Waals surface area contributed by atoms with Crippen LogP contribution in [0.4, 0.5) is 11.4 Å². The number of azo groups is 1. The van der Waals surface area contributed by atoms with E-state index in [1.807, 2.05) is 54.0 Å². The normalized spacial score (nSPS) is 11.3. The van der Waals surface area contributed by atoms with Gasteiger partial charge in [-0.25, -0.2) is 0 Å². The summed E-state index contributed by atoms with van der Waals surface area (Å²) in [5.74, 6) is 0.0735. The largest absolute Gasteiger partial charge is 0.493 e. The topological polar surface area (TPSA) is 61.9 Å². The van der Waals surface area contributed by atoms with Gasteiger partial charge in [0.25, 0.3) is 0 Å². The van der Waals surface area contributed by atoms with Gasteiger partial charge in [-0.05, 0) is 55.2 Å². The van der Waals surface area contributed by atoms with Crippen molar-refractivity contribution in [1.29, 1.82) is 0 Å². The molecule has 6 heteroatoms. The molecule has 5 nitrogen and oxygen atoms in total. The zero-order valence-corrected chi connectivity index (χ0v) is 19.3. The summed E-state index contributed by atoms with van der Waals surface area (Å²) in [5, 5.41) is 23.9. The molecule has 4 rings (SSSR count). The second kappa shape index (κ2) is 9.32. The van der Waals surface area contributed by atoms with Gasteiger partial charge in [0.1, 0.15) is 0 Å². The number of aromatic hydroxyl groups is 1. The molecule has 0 aliphatic carbocycles. The van der Waals surface area contributed by atoms with Gasteiger partial charge >= 0.3 is 0 Å². The number of rotatable bonds is 5. The van der Waals surface area contributed by atoms with Crippen LogP contribution < -0.4 is 5.32 Å². The molecule has 0 amide bonds. The second-order valence-corrected chi connectivity index (χ2v) is 8.24. The molecule has 0 fully saturated rings. The SMILES string of the molecule is CCc1cccc(C)c1NC(=S)N=Nc1c(O)n(Cc2cccc(C)c2)c2ccccc12. The van der Waals surface area contributed by atoms with Gasteiger partial charge < -0.3 is 15.0 Å². The third-order valence-electron chi connectivity index (χ3n) is 5.55. The molecule has 1 heterocycles. The summed E-state index contributed by atoms with van der Waals surface area (Å²) in [4.78, 5) is 0. The first kappa shape index (κ1) is 21.7. The van der Waals surface area contributed by atoms with E-state index in [2.05, 4.69) is 53.7 Å². The van der Waals surface area contributed by atoms with Gasteiger partial charge in [0.15, 0.2) is 5.69 Å². The molecule has 0 bridgehead atoms. The Bertz CT molecular complexity index is 1320. The molecule has 32 heavy (non-hydrogen) atoms. The van der Waals surface area contributed by atoms with Crippen LogP contribution in [0.2, 0.25) is 0 Å². The van der Waals surface area contributed by atoms with E-state index in [1.165, 1.54) is 11.1 Å². The van der Waals surface area contributed by atoms with Crippen molar-refractivity contribution in [3.05, 3.63) is 89.0 Å². The lowest BCUT2D eigenvalue weighted by molar-refractivity contribution is 0.429. The fourth-order valence-corrected chi connectivity index (χ4v) is 4.10. The zero-order chi connectivity index (χ0) is 22.7. The predicted molar refractivity (Wildman–Crippen MR) is 135 cm³/mol. The van der Waals surface area contributed by atoms with Crippen molar-refractivity contribution in [1.82, 2.24) is 4.57 Å². The molecule has 0 unspecified atom stereocenters. The van der Waals surface area contributed by atoms with Crippen molar-refractivity contribution in [3.63, 3.8) is 0 Å². The summed E-state index contributed by atoms with van der Waals surface area (Å²) in [6.45, 7) is 6.73. The number of aryl methyl sites for hydroxylation is 3. The van der Waals surface area contributed by atoms with Crippen LogP contribution in [0.25, 0.3) is 10.9 Å². The fourth-order valence-electron chi connectivity index (χ4n) is 3.95. The molecule has 0 radical (unpaired) electrons. The molecule has 162 valence electrons. The highest BCUT2D eigenvalue weighted by Gasteiger charge is 2.17. The van der Waals surface area contributed by atoms with E-state index < -0.39 is 0 Å². The van der Waals surface area contributed by atoms with E-state index in [9.17, 15) is 5.11 Å². The molecule has 0 atom stereocenters. The molecular weight excluding hydrogens is 416 g/mol. The molecule has 0 spiro atoms. The van der Waals surface area contributed by atoms with E-state index in [4.69, 9.17) is 12.2 Å². The number of para-hydroxylation sites is 2. The van der Waals surface area contributed by atoms with E-state index in [0.717, 1.165) is 34.1 Å². The fraction of sp³-hybridized carbons (Fsp3) is 0.192. The Balaban J connectivity index is 1.66. The van der Waals surface area contributed by atoms with Gasteiger partial charge in [0.05, 0.1) is 12.1 Å². The van der Waals surface area contributed by atoms with Crippen LogP contribution in [-0.4, -0.2) is 14.8 Å². The average Bonchev–Trinajstić information content (AvgIpc) is 3.04. The molecule has 0 saturated heterocycles. The smallest absolute Gasteiger partial charge is 0.221 e. The van der Waals surface area contributed by atoms with Crippen molar-refractivity contribution in [2.45, 2.75) is 33.7 Å².